The van der Waals surface area contributed by atoms with Gasteiger partial charge in [0.15, 0.2) is 5.92 Å². The van der Waals surface area contributed by atoms with Crippen LogP contribution in [0.2, 0.25) is 0 Å². The molecule has 0 atom stereocenters. The maximum absolute atomic E-state index is 11.8. The molecule has 1 saturated heterocycles. The first-order valence-corrected chi connectivity index (χ1v) is 7.09. The summed E-state index contributed by atoms with van der Waals surface area (Å²) >= 11 is 0. The zero-order valence-electron chi connectivity index (χ0n) is 13.1. The maximum atomic E-state index is 11.8. The van der Waals surface area contributed by atoms with Gasteiger partial charge < -0.3 is 14.2 Å². The first kappa shape index (κ1) is 16.7. The lowest BCUT2D eigenvalue weighted by Crippen LogP contribution is -2.46. The summed E-state index contributed by atoms with van der Waals surface area (Å²) in [5.74, 6) is -4.31. The summed E-state index contributed by atoms with van der Waals surface area (Å²) in [6.45, 7) is 4.97. The number of cyclic esters (lactones) is 2. The molecule has 2 rings (SSSR count). The number of carbonyl (C=O) groups excluding carboxylic acids is 3. The molecule has 1 aromatic carbocycles. The van der Waals surface area contributed by atoms with E-state index in [2.05, 4.69) is 4.99 Å². The van der Waals surface area contributed by atoms with Crippen molar-refractivity contribution in [2.24, 2.45) is 10.9 Å². The van der Waals surface area contributed by atoms with E-state index in [1.807, 2.05) is 0 Å². The standard InChI is InChI=1S/C16H17NO6/c1-4-21-13(18)10-5-7-11(8-6-10)17-9-12-14(19)22-16(2,3)23-15(12)20/h5-9,12H,4H2,1-3H3. The summed E-state index contributed by atoms with van der Waals surface area (Å²) in [6.07, 6.45) is 1.17. The van der Waals surface area contributed by atoms with Gasteiger partial charge in [0.25, 0.3) is 5.79 Å². The van der Waals surface area contributed by atoms with Crippen LogP contribution in [-0.2, 0) is 23.8 Å². The van der Waals surface area contributed by atoms with Crippen LogP contribution >= 0.6 is 0 Å². The number of hydrogen-bond acceptors (Lipinski definition) is 7. The Morgan fingerprint density at radius 2 is 1.78 bits per heavy atom. The second-order valence-corrected chi connectivity index (χ2v) is 5.27. The molecule has 0 radical (unpaired) electrons. The maximum Gasteiger partial charge on any atom is 0.338 e. The highest BCUT2D eigenvalue weighted by atomic mass is 16.7. The molecule has 1 heterocycles. The van der Waals surface area contributed by atoms with E-state index in [0.29, 0.717) is 17.9 Å². The molecule has 0 spiro atoms. The second-order valence-electron chi connectivity index (χ2n) is 5.27. The smallest absolute Gasteiger partial charge is 0.338 e. The Hall–Kier alpha value is -2.70. The van der Waals surface area contributed by atoms with E-state index in [1.165, 1.54) is 20.1 Å². The van der Waals surface area contributed by atoms with Crippen molar-refractivity contribution in [2.45, 2.75) is 26.6 Å². The number of rotatable bonds is 4. The zero-order valence-corrected chi connectivity index (χ0v) is 13.1. The Balaban J connectivity index is 2.07. The number of aliphatic imine (C=N–C) groups is 1. The van der Waals surface area contributed by atoms with Crippen molar-refractivity contribution in [1.82, 2.24) is 0 Å². The number of hydrogen-bond donors (Lipinski definition) is 0. The molecule has 23 heavy (non-hydrogen) atoms. The normalized spacial score (nSPS) is 17.7. The summed E-state index contributed by atoms with van der Waals surface area (Å²) < 4.78 is 14.8. The second kappa shape index (κ2) is 6.60. The summed E-state index contributed by atoms with van der Waals surface area (Å²) in [7, 11) is 0. The highest BCUT2D eigenvalue weighted by Crippen LogP contribution is 2.23. The Morgan fingerprint density at radius 3 is 2.30 bits per heavy atom. The molecule has 0 aromatic heterocycles. The molecule has 0 aliphatic carbocycles. The lowest BCUT2D eigenvalue weighted by Gasteiger charge is -2.31. The molecule has 0 amide bonds. The molecule has 0 unspecified atom stereocenters. The molecule has 1 fully saturated rings. The van der Waals surface area contributed by atoms with Gasteiger partial charge in [0.2, 0.25) is 0 Å². The van der Waals surface area contributed by atoms with Gasteiger partial charge in [-0.05, 0) is 31.2 Å². The van der Waals surface area contributed by atoms with E-state index >= 15 is 0 Å². The van der Waals surface area contributed by atoms with Gasteiger partial charge in [0.05, 0.1) is 17.9 Å². The van der Waals surface area contributed by atoms with E-state index < -0.39 is 29.6 Å². The average Bonchev–Trinajstić information content (AvgIpc) is 2.46. The van der Waals surface area contributed by atoms with Crippen molar-refractivity contribution in [2.75, 3.05) is 6.61 Å². The summed E-state index contributed by atoms with van der Waals surface area (Å²) in [5, 5.41) is 0. The largest absolute Gasteiger partial charge is 0.462 e. The Labute approximate surface area is 133 Å². The van der Waals surface area contributed by atoms with E-state index in [1.54, 1.807) is 31.2 Å². The number of carbonyl (C=O) groups is 3. The molecule has 122 valence electrons. The molecule has 0 saturated carbocycles. The quantitative estimate of drug-likeness (QED) is 0.479. The van der Waals surface area contributed by atoms with Crippen molar-refractivity contribution in [3.63, 3.8) is 0 Å². The fraction of sp³-hybridized carbons (Fsp3) is 0.375. The molecular formula is C16H17NO6. The van der Waals surface area contributed by atoms with Crippen LogP contribution in [0.5, 0.6) is 0 Å². The van der Waals surface area contributed by atoms with Crippen molar-refractivity contribution in [3.05, 3.63) is 29.8 Å². The van der Waals surface area contributed by atoms with E-state index in [-0.39, 0.29) is 0 Å². The zero-order chi connectivity index (χ0) is 17.0. The SMILES string of the molecule is CCOC(=O)c1ccc(N=CC2C(=O)OC(C)(C)OC2=O)cc1. The van der Waals surface area contributed by atoms with Crippen LogP contribution in [0.1, 0.15) is 31.1 Å². The van der Waals surface area contributed by atoms with Gasteiger partial charge in [-0.15, -0.1) is 0 Å². The molecular weight excluding hydrogens is 302 g/mol. The average molecular weight is 319 g/mol. The number of ether oxygens (including phenoxy) is 3. The third-order valence-electron chi connectivity index (χ3n) is 2.95. The number of nitrogens with zero attached hydrogens (tertiary/aromatic N) is 1. The van der Waals surface area contributed by atoms with E-state index in [0.717, 1.165) is 0 Å². The summed E-state index contributed by atoms with van der Waals surface area (Å²) in [4.78, 5) is 39.1. The van der Waals surface area contributed by atoms with Crippen molar-refractivity contribution >= 4 is 29.8 Å². The van der Waals surface area contributed by atoms with Gasteiger partial charge >= 0.3 is 17.9 Å². The van der Waals surface area contributed by atoms with Gasteiger partial charge in [-0.3, -0.25) is 14.6 Å². The van der Waals surface area contributed by atoms with Crippen LogP contribution in [0.4, 0.5) is 5.69 Å². The lowest BCUT2D eigenvalue weighted by atomic mass is 10.1. The summed E-state index contributed by atoms with van der Waals surface area (Å²) in [5.41, 5.74) is 0.868. The molecule has 0 bridgehead atoms. The van der Waals surface area contributed by atoms with Crippen molar-refractivity contribution in [1.29, 1.82) is 0 Å². The van der Waals surface area contributed by atoms with Crippen LogP contribution in [-0.4, -0.2) is 36.5 Å². The van der Waals surface area contributed by atoms with Gasteiger partial charge in [-0.1, -0.05) is 0 Å². The molecule has 7 nitrogen and oxygen atoms in total. The predicted molar refractivity (Wildman–Crippen MR) is 80.3 cm³/mol. The Kier molecular flexibility index (Phi) is 4.78. The highest BCUT2D eigenvalue weighted by Gasteiger charge is 2.42. The third kappa shape index (κ3) is 4.15. The Bertz CT molecular complexity index is 627. The van der Waals surface area contributed by atoms with Gasteiger partial charge in [0, 0.05) is 20.1 Å². The topological polar surface area (TPSA) is 91.3 Å². The molecule has 1 aliphatic rings. The fourth-order valence-corrected chi connectivity index (χ4v) is 1.91. The minimum Gasteiger partial charge on any atom is -0.462 e. The highest BCUT2D eigenvalue weighted by molar-refractivity contribution is 6.10. The Morgan fingerprint density at radius 1 is 1.22 bits per heavy atom. The van der Waals surface area contributed by atoms with Crippen molar-refractivity contribution < 1.29 is 28.6 Å². The van der Waals surface area contributed by atoms with Gasteiger partial charge in [-0.2, -0.15) is 0 Å². The van der Waals surface area contributed by atoms with Crippen LogP contribution < -0.4 is 0 Å². The lowest BCUT2D eigenvalue weighted by molar-refractivity contribution is -0.235. The van der Waals surface area contributed by atoms with Crippen LogP contribution in [0, 0.1) is 5.92 Å². The van der Waals surface area contributed by atoms with Crippen LogP contribution in [0.3, 0.4) is 0 Å². The first-order valence-electron chi connectivity index (χ1n) is 7.09. The number of benzene rings is 1. The number of esters is 3. The predicted octanol–water partition coefficient (Wildman–Crippen LogP) is 2.02. The third-order valence-corrected chi connectivity index (χ3v) is 2.95. The van der Waals surface area contributed by atoms with Crippen LogP contribution in [0.25, 0.3) is 0 Å². The minimum absolute atomic E-state index is 0.293. The molecule has 1 aliphatic heterocycles. The van der Waals surface area contributed by atoms with Crippen molar-refractivity contribution in [3.8, 4) is 0 Å². The van der Waals surface area contributed by atoms with Gasteiger partial charge in [0.1, 0.15) is 0 Å². The molecule has 7 heteroatoms. The first-order chi connectivity index (χ1) is 10.8. The molecule has 0 N–H and O–H groups in total. The van der Waals surface area contributed by atoms with E-state index in [9.17, 15) is 14.4 Å². The van der Waals surface area contributed by atoms with E-state index in [4.69, 9.17) is 14.2 Å². The monoisotopic (exact) mass is 319 g/mol. The van der Waals surface area contributed by atoms with Gasteiger partial charge in [-0.25, -0.2) is 4.79 Å². The summed E-state index contributed by atoms with van der Waals surface area (Å²) in [6, 6.07) is 6.24. The minimum atomic E-state index is -1.26. The molecule has 1 aromatic rings. The fourth-order valence-electron chi connectivity index (χ4n) is 1.91. The van der Waals surface area contributed by atoms with Crippen LogP contribution in [0.15, 0.2) is 29.3 Å².